The molecule has 0 heterocycles. The molecule has 0 spiro atoms. The van der Waals surface area contributed by atoms with E-state index in [1.807, 2.05) is 0 Å². The zero-order chi connectivity index (χ0) is 21.6. The maximum atomic E-state index is 14.5. The highest BCUT2D eigenvalue weighted by Crippen LogP contribution is 2.56. The Labute approximate surface area is 172 Å². The minimum Gasteiger partial charge on any atom is -0.218 e. The predicted molar refractivity (Wildman–Crippen MR) is 84.9 cm³/mol. The molecule has 0 unspecified atom stereocenters. The summed E-state index contributed by atoms with van der Waals surface area (Å²) in [6, 6.07) is 0.330. The lowest BCUT2D eigenvalue weighted by Gasteiger charge is -2.33. The van der Waals surface area contributed by atoms with Crippen LogP contribution in [-0.2, 0) is 12.1 Å². The van der Waals surface area contributed by atoms with Gasteiger partial charge in [0.05, 0.1) is 0 Å². The van der Waals surface area contributed by atoms with E-state index in [0.29, 0.717) is 6.07 Å². The number of halogens is 14. The molecule has 0 aliphatic carbocycles. The van der Waals surface area contributed by atoms with Crippen molar-refractivity contribution >= 4 is 62.5 Å². The molecule has 0 fully saturated rings. The topological polar surface area (TPSA) is 0 Å². The quantitative estimate of drug-likeness (QED) is 0.205. The van der Waals surface area contributed by atoms with Crippen molar-refractivity contribution in [2.24, 2.45) is 0 Å². The lowest BCUT2D eigenvalue weighted by Crippen LogP contribution is -2.51. The van der Waals surface area contributed by atoms with Gasteiger partial charge in [-0.3, -0.25) is 0 Å². The SMILES string of the molecule is FC(F)(F)Sc1cc(Br)c(CC(Cl)(Cl)Cl)c(C(F)(C(F)(F)F)C(F)(F)F)c1. The van der Waals surface area contributed by atoms with Gasteiger partial charge < -0.3 is 0 Å². The molecule has 0 N–H and O–H groups in total. The van der Waals surface area contributed by atoms with E-state index in [9.17, 15) is 43.9 Å². The van der Waals surface area contributed by atoms with Crippen molar-refractivity contribution in [3.8, 4) is 0 Å². The predicted octanol–water partition coefficient (Wildman–Crippen LogP) is 8.26. The molecule has 15 heteroatoms. The molecule has 0 atom stereocenters. The summed E-state index contributed by atoms with van der Waals surface area (Å²) in [4.78, 5) is -1.13. The van der Waals surface area contributed by atoms with Crippen LogP contribution >= 0.6 is 62.5 Å². The van der Waals surface area contributed by atoms with E-state index in [2.05, 4.69) is 15.9 Å². The smallest absolute Gasteiger partial charge is 0.218 e. The first-order valence-corrected chi connectivity index (χ1v) is 8.91. The molecular weight excluding hydrogens is 552 g/mol. The minimum absolute atomic E-state index is 0.213. The van der Waals surface area contributed by atoms with Gasteiger partial charge in [-0.1, -0.05) is 50.7 Å². The molecule has 0 aliphatic rings. The largest absolute Gasteiger partial charge is 0.446 e. The van der Waals surface area contributed by atoms with Crippen LogP contribution in [0, 0.1) is 0 Å². The van der Waals surface area contributed by atoms with Crippen LogP contribution in [0.3, 0.4) is 0 Å². The lowest BCUT2D eigenvalue weighted by atomic mass is 9.89. The third-order valence-electron chi connectivity index (χ3n) is 2.93. The molecule has 0 aromatic heterocycles. The molecule has 0 saturated carbocycles. The molecule has 0 aliphatic heterocycles. The number of hydrogen-bond acceptors (Lipinski definition) is 1. The van der Waals surface area contributed by atoms with Crippen LogP contribution in [-0.4, -0.2) is 21.7 Å². The van der Waals surface area contributed by atoms with Crippen molar-refractivity contribution in [1.29, 1.82) is 0 Å². The molecule has 0 nitrogen and oxygen atoms in total. The molecule has 0 radical (unpaired) electrons. The molecular formula is C12H4BrCl3F10S. The molecule has 0 bridgehead atoms. The molecule has 1 rings (SSSR count). The fourth-order valence-corrected chi connectivity index (χ4v) is 3.73. The van der Waals surface area contributed by atoms with Gasteiger partial charge in [-0.25, -0.2) is 4.39 Å². The van der Waals surface area contributed by atoms with Gasteiger partial charge in [0.2, 0.25) is 0 Å². The highest BCUT2D eigenvalue weighted by atomic mass is 79.9. The standard InChI is InChI=1S/C12H4BrCl3F10S/c13-7-2-4(27-12(24,25)26)1-6(5(7)3-8(14,15)16)9(17,10(18,19)20)11(21,22)23/h1-2H,3H2. The second kappa shape index (κ2) is 7.81. The van der Waals surface area contributed by atoms with Crippen molar-refractivity contribution in [3.05, 3.63) is 27.7 Å². The van der Waals surface area contributed by atoms with E-state index in [1.165, 1.54) is 0 Å². The van der Waals surface area contributed by atoms with Crippen molar-refractivity contribution in [2.45, 2.75) is 38.6 Å². The van der Waals surface area contributed by atoms with E-state index >= 15 is 0 Å². The first-order chi connectivity index (χ1) is 11.7. The first-order valence-electron chi connectivity index (χ1n) is 6.17. The Bertz CT molecular complexity index is 679. The highest BCUT2D eigenvalue weighted by Gasteiger charge is 2.74. The third-order valence-corrected chi connectivity index (χ3v) is 4.74. The molecule has 156 valence electrons. The summed E-state index contributed by atoms with van der Waals surface area (Å²) in [6.07, 6.45) is -14.3. The summed E-state index contributed by atoms with van der Waals surface area (Å²) >= 11 is 17.6. The van der Waals surface area contributed by atoms with Crippen molar-refractivity contribution in [2.75, 3.05) is 0 Å². The van der Waals surface area contributed by atoms with Gasteiger partial charge in [0, 0.05) is 21.4 Å². The number of hydrogen-bond donors (Lipinski definition) is 0. The molecule has 1 aromatic carbocycles. The number of thioether (sulfide) groups is 1. The van der Waals surface area contributed by atoms with Crippen LogP contribution in [0.1, 0.15) is 11.1 Å². The average Bonchev–Trinajstić information content (AvgIpc) is 2.34. The Balaban J connectivity index is 3.88. The zero-order valence-electron chi connectivity index (χ0n) is 12.1. The third kappa shape index (κ3) is 6.10. The Morgan fingerprint density at radius 3 is 1.59 bits per heavy atom. The van der Waals surface area contributed by atoms with Crippen LogP contribution in [0.4, 0.5) is 43.9 Å². The van der Waals surface area contributed by atoms with Crippen molar-refractivity contribution < 1.29 is 43.9 Å². The Kier molecular flexibility index (Phi) is 7.30. The van der Waals surface area contributed by atoms with Gasteiger partial charge in [0.25, 0.3) is 0 Å². The summed E-state index contributed by atoms with van der Waals surface area (Å²) in [6.45, 7) is 0. The monoisotopic (exact) mass is 554 g/mol. The number of alkyl halides is 13. The van der Waals surface area contributed by atoms with Crippen molar-refractivity contribution in [1.82, 2.24) is 0 Å². The van der Waals surface area contributed by atoms with E-state index in [-0.39, 0.29) is 6.07 Å². The number of benzene rings is 1. The normalized spacial score (nSPS) is 14.6. The van der Waals surface area contributed by atoms with Crippen LogP contribution in [0.15, 0.2) is 21.5 Å². The van der Waals surface area contributed by atoms with Crippen LogP contribution < -0.4 is 0 Å². The zero-order valence-corrected chi connectivity index (χ0v) is 16.7. The first kappa shape index (κ1) is 25.3. The summed E-state index contributed by atoms with van der Waals surface area (Å²) in [7, 11) is 0. The van der Waals surface area contributed by atoms with Gasteiger partial charge in [-0.2, -0.15) is 39.5 Å². The second-order valence-corrected chi connectivity index (χ2v) is 9.43. The summed E-state index contributed by atoms with van der Waals surface area (Å²) in [5, 5.41) is 0. The van der Waals surface area contributed by atoms with Gasteiger partial charge in [0.15, 0.2) is 3.79 Å². The molecule has 1 aromatic rings. The Morgan fingerprint density at radius 1 is 0.815 bits per heavy atom. The van der Waals surface area contributed by atoms with E-state index in [1.54, 1.807) is 0 Å². The molecule has 0 amide bonds. The molecule has 27 heavy (non-hydrogen) atoms. The highest BCUT2D eigenvalue weighted by molar-refractivity contribution is 9.10. The van der Waals surface area contributed by atoms with Gasteiger partial charge in [-0.05, 0) is 29.5 Å². The maximum Gasteiger partial charge on any atom is 0.446 e. The van der Waals surface area contributed by atoms with Gasteiger partial charge in [-0.15, -0.1) is 0 Å². The summed E-state index contributed by atoms with van der Waals surface area (Å²) < 4.78 is 127. The Hall–Kier alpha value is 0.220. The minimum atomic E-state index is -6.56. The van der Waals surface area contributed by atoms with Crippen LogP contribution in [0.2, 0.25) is 0 Å². The van der Waals surface area contributed by atoms with Gasteiger partial charge >= 0.3 is 23.5 Å². The second-order valence-electron chi connectivity index (χ2n) is 4.92. The van der Waals surface area contributed by atoms with Crippen LogP contribution in [0.5, 0.6) is 0 Å². The molecule has 0 saturated heterocycles. The fraction of sp³-hybridized carbons (Fsp3) is 0.500. The average molecular weight is 556 g/mol. The Morgan fingerprint density at radius 2 is 1.26 bits per heavy atom. The summed E-state index contributed by atoms with van der Waals surface area (Å²) in [5.74, 6) is 0. The van der Waals surface area contributed by atoms with Crippen molar-refractivity contribution in [3.63, 3.8) is 0 Å². The fourth-order valence-electron chi connectivity index (χ4n) is 1.96. The van der Waals surface area contributed by atoms with E-state index in [0.717, 1.165) is 0 Å². The maximum absolute atomic E-state index is 14.5. The van der Waals surface area contributed by atoms with E-state index in [4.69, 9.17) is 34.8 Å². The van der Waals surface area contributed by atoms with Crippen LogP contribution in [0.25, 0.3) is 0 Å². The van der Waals surface area contributed by atoms with E-state index < -0.39 is 66.0 Å². The lowest BCUT2D eigenvalue weighted by molar-refractivity contribution is -0.349. The van der Waals surface area contributed by atoms with Gasteiger partial charge in [0.1, 0.15) is 0 Å². The summed E-state index contributed by atoms with van der Waals surface area (Å²) in [5.41, 5.74) is -14.3. The number of rotatable bonds is 3.